The Hall–Kier alpha value is -0.830. The van der Waals surface area contributed by atoms with E-state index in [-0.39, 0.29) is 5.69 Å². The molecule has 1 heterocycles. The average Bonchev–Trinajstić information content (AvgIpc) is 2.40. The largest absolute Gasteiger partial charge is 0.281 e. The molecule has 1 atom stereocenters. The number of hydrogen-bond donors (Lipinski definition) is 0. The van der Waals surface area contributed by atoms with E-state index in [1.165, 1.54) is 24.5 Å². The van der Waals surface area contributed by atoms with Gasteiger partial charge in [-0.3, -0.25) is 15.0 Å². The van der Waals surface area contributed by atoms with Crippen molar-refractivity contribution in [2.45, 2.75) is 11.9 Å². The predicted octanol–water partition coefficient (Wildman–Crippen LogP) is 2.17. The Morgan fingerprint density at radius 1 is 1.52 bits per heavy atom. The van der Waals surface area contributed by atoms with E-state index in [1.54, 1.807) is 11.8 Å². The Morgan fingerprint density at radius 2 is 2.24 bits per heavy atom. The van der Waals surface area contributed by atoms with Crippen LogP contribution in [0.2, 0.25) is 5.02 Å². The predicted molar refractivity (Wildman–Crippen MR) is 84.5 cm³/mol. The maximum Gasteiger partial charge on any atom is 0.269 e. The molecule has 0 saturated carbocycles. The minimum atomic E-state index is -3.21. The third-order valence-electron chi connectivity index (χ3n) is 3.30. The molecule has 1 saturated heterocycles. The number of rotatable bonds is 4. The van der Waals surface area contributed by atoms with Crippen LogP contribution in [-0.2, 0) is 16.4 Å². The fourth-order valence-electron chi connectivity index (χ4n) is 2.21. The summed E-state index contributed by atoms with van der Waals surface area (Å²) in [7, 11) is -3.21. The van der Waals surface area contributed by atoms with Gasteiger partial charge in [-0.05, 0) is 11.6 Å². The molecule has 0 bridgehead atoms. The SMILES string of the molecule is CS(=O)(=O)C1CSCCN1Cc1cc([N+](=O)[O-])ccc1Cl. The quantitative estimate of drug-likeness (QED) is 0.611. The molecule has 0 radical (unpaired) electrons. The van der Waals surface area contributed by atoms with Gasteiger partial charge in [0.05, 0.1) is 4.92 Å². The van der Waals surface area contributed by atoms with Gasteiger partial charge in [0.1, 0.15) is 5.37 Å². The van der Waals surface area contributed by atoms with E-state index in [0.717, 1.165) is 5.75 Å². The molecule has 1 unspecified atom stereocenters. The summed E-state index contributed by atoms with van der Waals surface area (Å²) in [5.41, 5.74) is 0.531. The molecule has 0 aliphatic carbocycles. The highest BCUT2D eigenvalue weighted by Crippen LogP contribution is 2.27. The summed E-state index contributed by atoms with van der Waals surface area (Å²) in [4.78, 5) is 12.2. The Morgan fingerprint density at radius 3 is 2.86 bits per heavy atom. The first-order valence-electron chi connectivity index (χ1n) is 6.22. The first-order chi connectivity index (χ1) is 9.79. The highest BCUT2D eigenvalue weighted by Gasteiger charge is 2.31. The van der Waals surface area contributed by atoms with Gasteiger partial charge in [0.25, 0.3) is 5.69 Å². The van der Waals surface area contributed by atoms with E-state index in [9.17, 15) is 18.5 Å². The van der Waals surface area contributed by atoms with Crippen molar-refractivity contribution in [3.63, 3.8) is 0 Å². The first-order valence-corrected chi connectivity index (χ1v) is 9.71. The molecule has 0 amide bonds. The lowest BCUT2D eigenvalue weighted by Gasteiger charge is -2.34. The molecule has 2 rings (SSSR count). The van der Waals surface area contributed by atoms with Gasteiger partial charge in [-0.25, -0.2) is 8.42 Å². The zero-order valence-electron chi connectivity index (χ0n) is 11.4. The van der Waals surface area contributed by atoms with Gasteiger partial charge in [0, 0.05) is 48.0 Å². The molecule has 9 heteroatoms. The molecule has 0 N–H and O–H groups in total. The summed E-state index contributed by atoms with van der Waals surface area (Å²) >= 11 is 7.67. The van der Waals surface area contributed by atoms with Crippen molar-refractivity contribution < 1.29 is 13.3 Å². The molecule has 1 aliphatic heterocycles. The van der Waals surface area contributed by atoms with Crippen LogP contribution in [0.3, 0.4) is 0 Å². The lowest BCUT2D eigenvalue weighted by molar-refractivity contribution is -0.384. The molecule has 1 fully saturated rings. The van der Waals surface area contributed by atoms with Crippen LogP contribution in [0.15, 0.2) is 18.2 Å². The third kappa shape index (κ3) is 4.09. The summed E-state index contributed by atoms with van der Waals surface area (Å²) in [5.74, 6) is 1.34. The van der Waals surface area contributed by atoms with Crippen LogP contribution in [0, 0.1) is 10.1 Å². The molecule has 1 aromatic carbocycles. The van der Waals surface area contributed by atoms with Gasteiger partial charge in [-0.2, -0.15) is 11.8 Å². The molecule has 21 heavy (non-hydrogen) atoms. The maximum absolute atomic E-state index is 11.9. The smallest absolute Gasteiger partial charge is 0.269 e. The average molecular weight is 351 g/mol. The fourth-order valence-corrected chi connectivity index (χ4v) is 5.32. The summed E-state index contributed by atoms with van der Waals surface area (Å²) < 4.78 is 23.7. The summed E-state index contributed by atoms with van der Waals surface area (Å²) in [6, 6.07) is 4.22. The minimum absolute atomic E-state index is 0.0447. The molecular weight excluding hydrogens is 336 g/mol. The first kappa shape index (κ1) is 16.5. The topological polar surface area (TPSA) is 80.5 Å². The van der Waals surface area contributed by atoms with Crippen molar-refractivity contribution in [3.8, 4) is 0 Å². The standard InChI is InChI=1S/C12H15ClN2O4S2/c1-21(18,19)12-8-20-5-4-14(12)7-9-6-10(15(16)17)2-3-11(9)13/h2-3,6,12H,4-5,7-8H2,1H3. The Kier molecular flexibility index (Phi) is 5.13. The molecule has 0 aromatic heterocycles. The molecular formula is C12H15ClN2O4S2. The normalized spacial score (nSPS) is 20.4. The van der Waals surface area contributed by atoms with Crippen LogP contribution in [0.5, 0.6) is 0 Å². The molecule has 1 aromatic rings. The van der Waals surface area contributed by atoms with Gasteiger partial charge >= 0.3 is 0 Å². The molecule has 0 spiro atoms. The number of nitro benzene ring substituents is 1. The van der Waals surface area contributed by atoms with Crippen LogP contribution in [0.4, 0.5) is 5.69 Å². The van der Waals surface area contributed by atoms with Gasteiger partial charge < -0.3 is 0 Å². The Balaban J connectivity index is 2.27. The van der Waals surface area contributed by atoms with Crippen LogP contribution < -0.4 is 0 Å². The van der Waals surface area contributed by atoms with Crippen molar-refractivity contribution in [1.82, 2.24) is 4.90 Å². The second-order valence-electron chi connectivity index (χ2n) is 4.86. The van der Waals surface area contributed by atoms with Crippen molar-refractivity contribution >= 4 is 38.9 Å². The monoisotopic (exact) mass is 350 g/mol. The number of sulfone groups is 1. The number of halogens is 1. The lowest BCUT2D eigenvalue weighted by atomic mass is 10.2. The Labute approximate surface area is 132 Å². The zero-order valence-corrected chi connectivity index (χ0v) is 13.7. The number of nitro groups is 1. The number of benzene rings is 1. The summed E-state index contributed by atoms with van der Waals surface area (Å²) in [6.45, 7) is 0.903. The minimum Gasteiger partial charge on any atom is -0.281 e. The number of hydrogen-bond acceptors (Lipinski definition) is 6. The third-order valence-corrected chi connectivity index (χ3v) is 6.35. The zero-order chi connectivity index (χ0) is 15.6. The van der Waals surface area contributed by atoms with Gasteiger partial charge in [-0.1, -0.05) is 11.6 Å². The van der Waals surface area contributed by atoms with E-state index in [4.69, 9.17) is 11.6 Å². The van der Waals surface area contributed by atoms with Gasteiger partial charge in [0.2, 0.25) is 0 Å². The fraction of sp³-hybridized carbons (Fsp3) is 0.500. The number of thioether (sulfide) groups is 1. The van der Waals surface area contributed by atoms with Crippen molar-refractivity contribution in [1.29, 1.82) is 0 Å². The van der Waals surface area contributed by atoms with Crippen LogP contribution in [-0.4, -0.2) is 47.9 Å². The molecule has 116 valence electrons. The second-order valence-corrected chi connectivity index (χ2v) is 8.62. The second kappa shape index (κ2) is 6.51. The van der Waals surface area contributed by atoms with Crippen LogP contribution in [0.1, 0.15) is 5.56 Å². The van der Waals surface area contributed by atoms with Crippen LogP contribution >= 0.6 is 23.4 Å². The number of nitrogens with zero attached hydrogens (tertiary/aromatic N) is 2. The van der Waals surface area contributed by atoms with Gasteiger partial charge in [0.15, 0.2) is 9.84 Å². The van der Waals surface area contributed by atoms with E-state index in [0.29, 0.717) is 29.4 Å². The summed E-state index contributed by atoms with van der Waals surface area (Å²) in [6.07, 6.45) is 1.21. The highest BCUT2D eigenvalue weighted by atomic mass is 35.5. The van der Waals surface area contributed by atoms with E-state index in [1.807, 2.05) is 4.90 Å². The van der Waals surface area contributed by atoms with Crippen molar-refractivity contribution in [2.24, 2.45) is 0 Å². The van der Waals surface area contributed by atoms with Crippen molar-refractivity contribution in [3.05, 3.63) is 38.9 Å². The van der Waals surface area contributed by atoms with E-state index >= 15 is 0 Å². The molecule has 1 aliphatic rings. The van der Waals surface area contributed by atoms with Gasteiger partial charge in [-0.15, -0.1) is 0 Å². The van der Waals surface area contributed by atoms with E-state index < -0.39 is 20.1 Å². The summed E-state index contributed by atoms with van der Waals surface area (Å²) in [5, 5.41) is 10.7. The lowest BCUT2D eigenvalue weighted by Crippen LogP contribution is -2.46. The van der Waals surface area contributed by atoms with E-state index in [2.05, 4.69) is 0 Å². The molecule has 6 nitrogen and oxygen atoms in total. The number of non-ortho nitro benzene ring substituents is 1. The van der Waals surface area contributed by atoms with Crippen LogP contribution in [0.25, 0.3) is 0 Å². The highest BCUT2D eigenvalue weighted by molar-refractivity contribution is 8.00. The Bertz CT molecular complexity index is 651. The van der Waals surface area contributed by atoms with Crippen molar-refractivity contribution in [2.75, 3.05) is 24.3 Å². The maximum atomic E-state index is 11.9.